The summed E-state index contributed by atoms with van der Waals surface area (Å²) in [4.78, 5) is 7.30. The Morgan fingerprint density at radius 2 is 2.17 bits per heavy atom. The third kappa shape index (κ3) is 2.29. The number of nitrogens with zero attached hydrogens (tertiary/aromatic N) is 5. The van der Waals surface area contributed by atoms with E-state index in [1.54, 1.807) is 0 Å². The minimum atomic E-state index is -4.50. The molecule has 9 heteroatoms. The first-order valence-corrected chi connectivity index (χ1v) is 4.63. The number of alkyl halides is 3. The lowest BCUT2D eigenvalue weighted by Gasteiger charge is -2.08. The molecule has 0 aliphatic carbocycles. The number of rotatable bonds is 1. The average molecular weight is 257 g/mol. The van der Waals surface area contributed by atoms with Gasteiger partial charge in [0.25, 0.3) is 0 Å². The van der Waals surface area contributed by atoms with E-state index in [1.165, 1.54) is 6.33 Å². The van der Waals surface area contributed by atoms with Gasteiger partial charge in [-0.15, -0.1) is 0 Å². The van der Waals surface area contributed by atoms with Crippen LogP contribution in [0.15, 0.2) is 36.1 Å². The largest absolute Gasteiger partial charge is 0.416 e. The first kappa shape index (κ1) is 12.0. The summed E-state index contributed by atoms with van der Waals surface area (Å²) in [6.45, 7) is 0. The van der Waals surface area contributed by atoms with E-state index in [2.05, 4.69) is 20.2 Å². The normalized spacial score (nSPS) is 12.7. The molecule has 0 aliphatic rings. The lowest BCUT2D eigenvalue weighted by Crippen LogP contribution is -2.17. The van der Waals surface area contributed by atoms with E-state index >= 15 is 0 Å². The Morgan fingerprint density at radius 1 is 1.39 bits per heavy atom. The summed E-state index contributed by atoms with van der Waals surface area (Å²) in [6, 6.07) is 1.58. The molecule has 0 saturated carbocycles. The van der Waals surface area contributed by atoms with Crippen molar-refractivity contribution in [2.45, 2.75) is 6.18 Å². The summed E-state index contributed by atoms with van der Waals surface area (Å²) in [5.74, 6) is -0.251. The van der Waals surface area contributed by atoms with Gasteiger partial charge in [-0.2, -0.15) is 23.0 Å². The lowest BCUT2D eigenvalue weighted by molar-refractivity contribution is -0.137. The Kier molecular flexibility index (Phi) is 2.96. The van der Waals surface area contributed by atoms with Gasteiger partial charge in [-0.05, 0) is 12.1 Å². The topological polar surface area (TPSA) is 76.2 Å². The highest BCUT2D eigenvalue weighted by atomic mass is 19.4. The Bertz CT molecular complexity index is 564. The molecule has 2 aromatic heterocycles. The molecule has 0 saturated heterocycles. The van der Waals surface area contributed by atoms with Crippen molar-refractivity contribution in [1.29, 1.82) is 0 Å². The summed E-state index contributed by atoms with van der Waals surface area (Å²) < 4.78 is 38.5. The second-order valence-corrected chi connectivity index (χ2v) is 3.19. The fourth-order valence-electron chi connectivity index (χ4n) is 1.26. The molecule has 0 bridgehead atoms. The maximum atomic E-state index is 12.5. The molecule has 6 nitrogen and oxygen atoms in total. The van der Waals surface area contributed by atoms with Crippen LogP contribution in [0.2, 0.25) is 0 Å². The van der Waals surface area contributed by atoms with Crippen LogP contribution in [0.4, 0.5) is 13.2 Å². The molecule has 0 fully saturated rings. The van der Waals surface area contributed by atoms with Gasteiger partial charge < -0.3 is 5.21 Å². The van der Waals surface area contributed by atoms with Gasteiger partial charge >= 0.3 is 6.18 Å². The molecule has 18 heavy (non-hydrogen) atoms. The number of halogens is 3. The van der Waals surface area contributed by atoms with Crippen LogP contribution in [0.25, 0.3) is 0 Å². The first-order valence-electron chi connectivity index (χ1n) is 4.63. The van der Waals surface area contributed by atoms with Crippen molar-refractivity contribution in [2.75, 3.05) is 0 Å². The van der Waals surface area contributed by atoms with Gasteiger partial charge in [0.15, 0.2) is 0 Å². The fraction of sp³-hybridized carbons (Fsp3) is 0.111. The van der Waals surface area contributed by atoms with Crippen molar-refractivity contribution >= 4 is 5.84 Å². The molecule has 0 aromatic carbocycles. The summed E-state index contributed by atoms with van der Waals surface area (Å²) in [5.41, 5.74) is -1.06. The Hall–Kier alpha value is -2.45. The average Bonchev–Trinajstić information content (AvgIpc) is 2.83. The first-order chi connectivity index (χ1) is 8.52. The van der Waals surface area contributed by atoms with E-state index in [1.807, 2.05) is 0 Å². The molecule has 0 aliphatic heterocycles. The summed E-state index contributed by atoms with van der Waals surface area (Å²) in [5, 5.41) is 15.3. The summed E-state index contributed by atoms with van der Waals surface area (Å²) in [6.07, 6.45) is -1.20. The van der Waals surface area contributed by atoms with Gasteiger partial charge in [-0.25, -0.2) is 4.98 Å². The van der Waals surface area contributed by atoms with Crippen molar-refractivity contribution in [3.8, 4) is 0 Å². The number of aromatic nitrogens is 4. The highest BCUT2D eigenvalue weighted by Gasteiger charge is 2.31. The Labute approximate surface area is 98.4 Å². The molecular weight excluding hydrogens is 251 g/mol. The maximum absolute atomic E-state index is 12.5. The minimum Gasteiger partial charge on any atom is -0.409 e. The van der Waals surface area contributed by atoms with Crippen molar-refractivity contribution < 1.29 is 18.4 Å². The highest BCUT2D eigenvalue weighted by Crippen LogP contribution is 2.29. The van der Waals surface area contributed by atoms with Crippen molar-refractivity contribution in [1.82, 2.24) is 19.7 Å². The zero-order valence-corrected chi connectivity index (χ0v) is 8.70. The monoisotopic (exact) mass is 257 g/mol. The molecule has 0 amide bonds. The second-order valence-electron chi connectivity index (χ2n) is 3.19. The summed E-state index contributed by atoms with van der Waals surface area (Å²) in [7, 11) is 0. The van der Waals surface area contributed by atoms with Crippen LogP contribution in [0, 0.1) is 0 Å². The van der Waals surface area contributed by atoms with Gasteiger partial charge in [-0.1, -0.05) is 5.16 Å². The quantitative estimate of drug-likeness (QED) is 0.362. The third-order valence-electron chi connectivity index (χ3n) is 2.05. The van der Waals surface area contributed by atoms with Crippen LogP contribution >= 0.6 is 0 Å². The number of pyridine rings is 1. The van der Waals surface area contributed by atoms with Gasteiger partial charge in [0.1, 0.15) is 18.3 Å². The molecule has 2 heterocycles. The SMILES string of the molecule is O/N=C(\c1cc(C(F)(F)F)ccn1)n1cncn1. The number of oxime groups is 1. The van der Waals surface area contributed by atoms with Crippen LogP contribution in [0.5, 0.6) is 0 Å². The van der Waals surface area contributed by atoms with E-state index in [0.29, 0.717) is 0 Å². The number of hydrogen-bond donors (Lipinski definition) is 1. The Balaban J connectivity index is 2.45. The standard InChI is InChI=1S/C9H6F3N5O/c10-9(11,12)6-1-2-14-7(3-6)8(16-18)17-5-13-4-15-17/h1-5,18H/b16-8+. The van der Waals surface area contributed by atoms with E-state index in [9.17, 15) is 13.2 Å². The molecule has 94 valence electrons. The summed E-state index contributed by atoms with van der Waals surface area (Å²) >= 11 is 0. The van der Waals surface area contributed by atoms with Crippen LogP contribution in [-0.2, 0) is 6.18 Å². The lowest BCUT2D eigenvalue weighted by atomic mass is 10.2. The molecular formula is C9H6F3N5O. The maximum Gasteiger partial charge on any atom is 0.416 e. The van der Waals surface area contributed by atoms with Gasteiger partial charge in [0, 0.05) is 6.20 Å². The molecule has 0 spiro atoms. The minimum absolute atomic E-state index is 0.169. The van der Waals surface area contributed by atoms with Gasteiger partial charge in [0.05, 0.1) is 5.56 Å². The van der Waals surface area contributed by atoms with E-state index in [0.717, 1.165) is 29.3 Å². The van der Waals surface area contributed by atoms with Crippen LogP contribution < -0.4 is 0 Å². The fourth-order valence-corrected chi connectivity index (χ4v) is 1.26. The Morgan fingerprint density at radius 3 is 2.72 bits per heavy atom. The predicted molar refractivity (Wildman–Crippen MR) is 53.0 cm³/mol. The highest BCUT2D eigenvalue weighted by molar-refractivity contribution is 5.97. The van der Waals surface area contributed by atoms with Crippen LogP contribution in [0.1, 0.15) is 11.3 Å². The zero-order valence-electron chi connectivity index (χ0n) is 8.70. The van der Waals surface area contributed by atoms with Crippen molar-refractivity contribution in [3.05, 3.63) is 42.2 Å². The molecule has 0 atom stereocenters. The van der Waals surface area contributed by atoms with Crippen molar-refractivity contribution in [3.63, 3.8) is 0 Å². The molecule has 2 aromatic rings. The zero-order chi connectivity index (χ0) is 13.2. The van der Waals surface area contributed by atoms with Gasteiger partial charge in [-0.3, -0.25) is 4.98 Å². The predicted octanol–water partition coefficient (Wildman–Crippen LogP) is 1.38. The van der Waals surface area contributed by atoms with Crippen LogP contribution in [-0.4, -0.2) is 30.8 Å². The molecule has 2 rings (SSSR count). The second kappa shape index (κ2) is 4.43. The molecule has 0 radical (unpaired) electrons. The van der Waals surface area contributed by atoms with Gasteiger partial charge in [0.2, 0.25) is 5.84 Å². The molecule has 0 unspecified atom stereocenters. The van der Waals surface area contributed by atoms with Crippen LogP contribution in [0.3, 0.4) is 0 Å². The number of hydrogen-bond acceptors (Lipinski definition) is 5. The van der Waals surface area contributed by atoms with E-state index in [4.69, 9.17) is 5.21 Å². The van der Waals surface area contributed by atoms with Crippen molar-refractivity contribution in [2.24, 2.45) is 5.16 Å². The smallest absolute Gasteiger partial charge is 0.409 e. The molecule has 1 N–H and O–H groups in total. The van der Waals surface area contributed by atoms with E-state index in [-0.39, 0.29) is 11.5 Å². The third-order valence-corrected chi connectivity index (χ3v) is 2.05. The van der Waals surface area contributed by atoms with E-state index < -0.39 is 11.7 Å².